The summed E-state index contributed by atoms with van der Waals surface area (Å²) in [6.07, 6.45) is 8.26. The van der Waals surface area contributed by atoms with E-state index in [1.165, 1.54) is 22.9 Å². The predicted molar refractivity (Wildman–Crippen MR) is 194 cm³/mol. The molecule has 2 aliphatic rings. The minimum atomic E-state index is -2.83. The van der Waals surface area contributed by atoms with Gasteiger partial charge in [0.15, 0.2) is 6.10 Å². The van der Waals surface area contributed by atoms with Crippen molar-refractivity contribution in [2.24, 2.45) is 29.1 Å². The van der Waals surface area contributed by atoms with E-state index in [2.05, 4.69) is 114 Å². The van der Waals surface area contributed by atoms with Crippen molar-refractivity contribution in [3.8, 4) is 0 Å². The average molecular weight is 659 g/mol. The Labute approximate surface area is 285 Å². The van der Waals surface area contributed by atoms with Crippen LogP contribution < -0.4 is 10.4 Å². The molecule has 0 amide bonds. The Morgan fingerprint density at radius 1 is 0.830 bits per heavy atom. The van der Waals surface area contributed by atoms with E-state index >= 15 is 0 Å². The summed E-state index contributed by atoms with van der Waals surface area (Å²) in [5.41, 5.74) is 0.700. The summed E-state index contributed by atoms with van der Waals surface area (Å²) in [5, 5.41) is 2.37. The van der Waals surface area contributed by atoms with Crippen molar-refractivity contribution in [1.82, 2.24) is 0 Å². The quantitative estimate of drug-likeness (QED) is 0.170. The van der Waals surface area contributed by atoms with Crippen molar-refractivity contribution >= 4 is 30.6 Å². The second-order valence-corrected chi connectivity index (χ2v) is 20.4. The first-order chi connectivity index (χ1) is 22.0. The molecular weight excluding hydrogens is 601 g/mol. The molecule has 0 radical (unpaired) electrons. The highest BCUT2D eigenvalue weighted by Gasteiger charge is 2.52. The monoisotopic (exact) mass is 658 g/mol. The van der Waals surface area contributed by atoms with E-state index < -0.39 is 25.9 Å². The van der Waals surface area contributed by atoms with Crippen LogP contribution in [-0.2, 0) is 23.5 Å². The molecule has 4 rings (SSSR count). The van der Waals surface area contributed by atoms with Gasteiger partial charge in [-0.25, -0.2) is 0 Å². The molecule has 0 bridgehead atoms. The van der Waals surface area contributed by atoms with Gasteiger partial charge in [0.1, 0.15) is 6.10 Å². The summed E-state index contributed by atoms with van der Waals surface area (Å²) in [7, 11) is -2.83. The first-order valence-electron chi connectivity index (χ1n) is 17.5. The van der Waals surface area contributed by atoms with Crippen LogP contribution in [0.3, 0.4) is 0 Å². The number of ether oxygens (including phenoxy) is 2. The van der Waals surface area contributed by atoms with Gasteiger partial charge >= 0.3 is 11.9 Å². The van der Waals surface area contributed by atoms with Crippen molar-refractivity contribution in [1.29, 1.82) is 0 Å². The number of carbonyl (C=O) groups is 2. The number of rotatable bonds is 7. The van der Waals surface area contributed by atoms with E-state index in [0.29, 0.717) is 24.7 Å². The van der Waals surface area contributed by atoms with Crippen molar-refractivity contribution in [2.75, 3.05) is 0 Å². The molecule has 5 nitrogen and oxygen atoms in total. The number of benzene rings is 2. The third-order valence-electron chi connectivity index (χ3n) is 10.3. The van der Waals surface area contributed by atoms with Gasteiger partial charge in [0.2, 0.25) is 0 Å². The van der Waals surface area contributed by atoms with E-state index in [1.54, 1.807) is 0 Å². The summed E-state index contributed by atoms with van der Waals surface area (Å²) < 4.78 is 20.0. The predicted octanol–water partition coefficient (Wildman–Crippen LogP) is 8.42. The molecule has 6 atom stereocenters. The van der Waals surface area contributed by atoms with E-state index in [-0.39, 0.29) is 34.9 Å². The molecule has 0 aliphatic heterocycles. The Morgan fingerprint density at radius 2 is 1.40 bits per heavy atom. The van der Waals surface area contributed by atoms with Crippen molar-refractivity contribution in [2.45, 2.75) is 118 Å². The molecule has 2 aromatic carbocycles. The summed E-state index contributed by atoms with van der Waals surface area (Å²) >= 11 is 0. The molecule has 0 fully saturated rings. The molecule has 6 heteroatoms. The van der Waals surface area contributed by atoms with E-state index in [9.17, 15) is 9.59 Å². The molecule has 2 aromatic rings. The second-order valence-electron chi connectivity index (χ2n) is 16.2. The van der Waals surface area contributed by atoms with Gasteiger partial charge in [0, 0.05) is 13.0 Å². The van der Waals surface area contributed by atoms with Crippen LogP contribution in [-0.4, -0.2) is 38.6 Å². The van der Waals surface area contributed by atoms with Crippen LogP contribution in [0.15, 0.2) is 84.5 Å². The SMILES string of the molecule is CC(=O)O[C@H]1/C=C\C[C@@H](O[Si](c2ccccc2)(c2ccccc2)C(C)(C)C)C[C@H]2C(C)=CC[C@H](C(C)C)[C@H]2C[C@@H]1OC(=O)C(C)(C)C. The lowest BCUT2D eigenvalue weighted by Crippen LogP contribution is -2.67. The standard InChI is InChI=1S/C41H58O5Si/c1-28(2)34-25-24-29(3)35-26-31(18-17-23-37(44-30(4)42)38(27-36(34)35)45-39(43)40(5,6)7)46-47(41(8,9)10,32-19-13-11-14-20-32)33-21-15-12-16-22-33/h11-17,19-24,28,31,34-38H,18,25-27H2,1-10H3/b23-17-/t31-,34-,35+,36-,37+,38+/m1/s1. The zero-order valence-corrected chi connectivity index (χ0v) is 31.4. The van der Waals surface area contributed by atoms with E-state index in [4.69, 9.17) is 13.9 Å². The number of allylic oxidation sites excluding steroid dienone is 2. The number of hydrogen-bond acceptors (Lipinski definition) is 5. The Morgan fingerprint density at radius 3 is 1.89 bits per heavy atom. The smallest absolute Gasteiger partial charge is 0.311 e. The summed E-state index contributed by atoms with van der Waals surface area (Å²) in [6, 6.07) is 21.6. The maximum absolute atomic E-state index is 13.3. The van der Waals surface area contributed by atoms with Crippen LogP contribution in [0.2, 0.25) is 5.04 Å². The van der Waals surface area contributed by atoms with Crippen molar-refractivity contribution < 1.29 is 23.5 Å². The van der Waals surface area contributed by atoms with Gasteiger partial charge < -0.3 is 13.9 Å². The van der Waals surface area contributed by atoms with Gasteiger partial charge in [-0.05, 0) is 98.5 Å². The molecule has 0 spiro atoms. The number of fused-ring (bicyclic) bond motifs is 1. The lowest BCUT2D eigenvalue weighted by Gasteiger charge is -2.47. The normalized spacial score (nSPS) is 26.5. The highest BCUT2D eigenvalue weighted by molar-refractivity contribution is 6.99. The molecule has 0 aromatic heterocycles. The van der Waals surface area contributed by atoms with Gasteiger partial charge in [0.05, 0.1) is 5.41 Å². The Bertz CT molecular complexity index is 1360. The third-order valence-corrected chi connectivity index (χ3v) is 15.4. The molecule has 0 saturated carbocycles. The van der Waals surface area contributed by atoms with Gasteiger partial charge in [-0.1, -0.05) is 113 Å². The third kappa shape index (κ3) is 8.56. The molecule has 0 saturated heterocycles. The largest absolute Gasteiger partial charge is 0.458 e. The summed E-state index contributed by atoms with van der Waals surface area (Å²) in [4.78, 5) is 25.8. The van der Waals surface area contributed by atoms with Crippen molar-refractivity contribution in [3.63, 3.8) is 0 Å². The minimum absolute atomic E-state index is 0.0778. The average Bonchev–Trinajstić information content (AvgIpc) is 2.99. The van der Waals surface area contributed by atoms with Gasteiger partial charge in [-0.15, -0.1) is 0 Å². The van der Waals surface area contributed by atoms with E-state index in [1.807, 2.05) is 26.8 Å². The first kappa shape index (κ1) is 36.9. The van der Waals surface area contributed by atoms with Gasteiger partial charge in [-0.3, -0.25) is 9.59 Å². The summed E-state index contributed by atoms with van der Waals surface area (Å²) in [5.74, 6) is 0.637. The Kier molecular flexibility index (Phi) is 11.8. The molecular formula is C41H58O5Si. The molecule has 47 heavy (non-hydrogen) atoms. The van der Waals surface area contributed by atoms with E-state index in [0.717, 1.165) is 12.8 Å². The second kappa shape index (κ2) is 15.1. The van der Waals surface area contributed by atoms with Crippen LogP contribution in [0.25, 0.3) is 0 Å². The highest BCUT2D eigenvalue weighted by atomic mass is 28.4. The van der Waals surface area contributed by atoms with Gasteiger partial charge in [0.25, 0.3) is 8.32 Å². The molecule has 256 valence electrons. The van der Waals surface area contributed by atoms with Gasteiger partial charge in [-0.2, -0.15) is 0 Å². The molecule has 0 N–H and O–H groups in total. The number of esters is 2. The van der Waals surface area contributed by atoms with Crippen LogP contribution in [0.4, 0.5) is 0 Å². The number of carbonyl (C=O) groups excluding carboxylic acids is 2. The fraction of sp³-hybridized carbons (Fsp3) is 0.561. The lowest BCUT2D eigenvalue weighted by molar-refractivity contribution is -0.172. The number of hydrogen-bond donors (Lipinski definition) is 0. The van der Waals surface area contributed by atoms with Crippen molar-refractivity contribution in [3.05, 3.63) is 84.5 Å². The Balaban J connectivity index is 1.87. The first-order valence-corrected chi connectivity index (χ1v) is 19.5. The maximum atomic E-state index is 13.3. The Hall–Kier alpha value is -2.96. The molecule has 0 unspecified atom stereocenters. The fourth-order valence-electron chi connectivity index (χ4n) is 7.79. The maximum Gasteiger partial charge on any atom is 0.311 e. The topological polar surface area (TPSA) is 61.8 Å². The lowest BCUT2D eigenvalue weighted by atomic mass is 9.64. The molecule has 2 aliphatic carbocycles. The van der Waals surface area contributed by atoms with Crippen LogP contribution in [0.1, 0.15) is 94.9 Å². The fourth-order valence-corrected chi connectivity index (χ4v) is 12.5. The zero-order valence-electron chi connectivity index (χ0n) is 30.4. The molecule has 0 heterocycles. The van der Waals surface area contributed by atoms with Crippen LogP contribution in [0.5, 0.6) is 0 Å². The zero-order chi connectivity index (χ0) is 34.6. The summed E-state index contributed by atoms with van der Waals surface area (Å²) in [6.45, 7) is 20.9. The highest BCUT2D eigenvalue weighted by Crippen LogP contribution is 2.46. The van der Waals surface area contributed by atoms with Crippen LogP contribution >= 0.6 is 0 Å². The van der Waals surface area contributed by atoms with Crippen LogP contribution in [0, 0.1) is 29.1 Å². The minimum Gasteiger partial charge on any atom is -0.458 e.